The smallest absolute Gasteiger partial charge is 0.271 e. The molecule has 1 aliphatic rings. The molecule has 3 rings (SSSR count). The maximum absolute atomic E-state index is 12.5. The Kier molecular flexibility index (Phi) is 5.65. The van der Waals surface area contributed by atoms with Crippen LogP contribution in [0.3, 0.4) is 0 Å². The first-order chi connectivity index (χ1) is 13.4. The van der Waals surface area contributed by atoms with Gasteiger partial charge in [0.05, 0.1) is 34.4 Å². The number of fused-ring (bicyclic) bond motifs is 1. The highest BCUT2D eigenvalue weighted by Gasteiger charge is 2.31. The lowest BCUT2D eigenvalue weighted by Crippen LogP contribution is -2.50. The van der Waals surface area contributed by atoms with Crippen LogP contribution in [-0.4, -0.2) is 43.0 Å². The Morgan fingerprint density at radius 1 is 1.32 bits per heavy atom. The molecule has 0 aromatic heterocycles. The molecule has 0 fully saturated rings. The molecule has 0 radical (unpaired) electrons. The van der Waals surface area contributed by atoms with E-state index in [9.17, 15) is 19.7 Å². The van der Waals surface area contributed by atoms with Crippen LogP contribution < -0.4 is 20.3 Å². The molecule has 2 aromatic rings. The van der Waals surface area contributed by atoms with Gasteiger partial charge in [0, 0.05) is 19.2 Å². The molecular formula is C18H17ClN4O5. The van der Waals surface area contributed by atoms with Crippen LogP contribution in [0.2, 0.25) is 5.02 Å². The minimum Gasteiger partial charge on any atom is -0.477 e. The number of ether oxygens (including phenoxy) is 1. The minimum absolute atomic E-state index is 0.0544. The molecule has 2 aromatic carbocycles. The number of nitro benzene ring substituents is 1. The second-order valence-electron chi connectivity index (χ2n) is 6.04. The van der Waals surface area contributed by atoms with Gasteiger partial charge in [-0.2, -0.15) is 0 Å². The lowest BCUT2D eigenvalue weighted by Gasteiger charge is -2.35. The lowest BCUT2D eigenvalue weighted by molar-refractivity contribution is -0.384. The Morgan fingerprint density at radius 2 is 2.07 bits per heavy atom. The zero-order chi connectivity index (χ0) is 20.3. The number of hydrogen-bond donors (Lipinski definition) is 2. The van der Waals surface area contributed by atoms with E-state index in [-0.39, 0.29) is 41.3 Å². The van der Waals surface area contributed by atoms with E-state index < -0.39 is 11.0 Å². The molecule has 10 heteroatoms. The molecule has 0 aliphatic carbocycles. The Labute approximate surface area is 165 Å². The number of non-ortho nitro benzene ring substituents is 1. The van der Waals surface area contributed by atoms with Crippen LogP contribution in [0, 0.1) is 10.1 Å². The highest BCUT2D eigenvalue weighted by Crippen LogP contribution is 2.33. The summed E-state index contributed by atoms with van der Waals surface area (Å²) in [5.74, 6) is -0.176. The van der Waals surface area contributed by atoms with E-state index in [0.29, 0.717) is 11.4 Å². The Hall–Kier alpha value is -3.33. The number of benzene rings is 2. The number of halogens is 1. The summed E-state index contributed by atoms with van der Waals surface area (Å²) in [6.07, 6.45) is -0.754. The molecule has 2 amide bonds. The maximum Gasteiger partial charge on any atom is 0.271 e. The lowest BCUT2D eigenvalue weighted by atomic mass is 10.1. The van der Waals surface area contributed by atoms with Crippen molar-refractivity contribution in [2.75, 3.05) is 30.4 Å². The van der Waals surface area contributed by atoms with E-state index in [1.807, 2.05) is 0 Å². The number of nitro groups is 1. The van der Waals surface area contributed by atoms with E-state index in [1.54, 1.807) is 29.2 Å². The first-order valence-corrected chi connectivity index (χ1v) is 8.73. The summed E-state index contributed by atoms with van der Waals surface area (Å²) in [7, 11) is 1.51. The normalized spacial score (nSPS) is 15.2. The fraction of sp³-hybridized carbons (Fsp3) is 0.222. The Bertz CT molecular complexity index is 936. The van der Waals surface area contributed by atoms with Crippen LogP contribution in [0.1, 0.15) is 0 Å². The summed E-state index contributed by atoms with van der Waals surface area (Å²) in [5.41, 5.74) is 0.785. The molecule has 0 saturated heterocycles. The number of nitrogens with zero attached hydrogens (tertiary/aromatic N) is 2. The third kappa shape index (κ3) is 4.15. The van der Waals surface area contributed by atoms with E-state index in [4.69, 9.17) is 16.3 Å². The summed E-state index contributed by atoms with van der Waals surface area (Å²) < 4.78 is 5.70. The summed E-state index contributed by atoms with van der Waals surface area (Å²) in [6.45, 7) is 0.138. The number of hydrogen-bond acceptors (Lipinski definition) is 6. The van der Waals surface area contributed by atoms with Crippen molar-refractivity contribution in [3.8, 4) is 5.75 Å². The zero-order valence-electron chi connectivity index (χ0n) is 14.8. The van der Waals surface area contributed by atoms with Crippen molar-refractivity contribution >= 4 is 40.5 Å². The number of carbonyl (C=O) groups is 2. The second-order valence-corrected chi connectivity index (χ2v) is 6.45. The molecule has 2 N–H and O–H groups in total. The average molecular weight is 405 g/mol. The standard InChI is InChI=1S/C18H17ClN4O5/c1-20-18(25)16-9-22(14-4-2-3-5-15(14)28-16)10-17(24)21-13-7-6-11(23(26)27)8-12(13)19/h2-8,16H,9-10H2,1H3,(H,20,25)(H,21,24)/t16-/m1/s1. The van der Waals surface area contributed by atoms with Crippen molar-refractivity contribution in [2.24, 2.45) is 0 Å². The van der Waals surface area contributed by atoms with E-state index >= 15 is 0 Å². The predicted octanol–water partition coefficient (Wildman–Crippen LogP) is 2.20. The third-order valence-corrected chi connectivity index (χ3v) is 4.48. The molecule has 1 heterocycles. The molecular weight excluding hydrogens is 388 g/mol. The number of amides is 2. The first-order valence-electron chi connectivity index (χ1n) is 8.35. The molecule has 146 valence electrons. The molecule has 28 heavy (non-hydrogen) atoms. The molecule has 0 unspecified atom stereocenters. The molecule has 0 spiro atoms. The van der Waals surface area contributed by atoms with E-state index in [2.05, 4.69) is 10.6 Å². The molecule has 0 bridgehead atoms. The van der Waals surface area contributed by atoms with Gasteiger partial charge in [0.2, 0.25) is 5.91 Å². The first kappa shape index (κ1) is 19.4. The predicted molar refractivity (Wildman–Crippen MR) is 104 cm³/mol. The van der Waals surface area contributed by atoms with Crippen molar-refractivity contribution in [1.82, 2.24) is 5.32 Å². The average Bonchev–Trinajstić information content (AvgIpc) is 2.68. The van der Waals surface area contributed by atoms with Crippen molar-refractivity contribution in [3.05, 3.63) is 57.6 Å². The van der Waals surface area contributed by atoms with Crippen molar-refractivity contribution in [1.29, 1.82) is 0 Å². The maximum atomic E-state index is 12.5. The highest BCUT2D eigenvalue weighted by molar-refractivity contribution is 6.34. The molecule has 9 nitrogen and oxygen atoms in total. The van der Waals surface area contributed by atoms with Gasteiger partial charge in [0.1, 0.15) is 5.75 Å². The van der Waals surface area contributed by atoms with Gasteiger partial charge >= 0.3 is 0 Å². The molecule has 0 saturated carbocycles. The summed E-state index contributed by atoms with van der Waals surface area (Å²) in [6, 6.07) is 10.9. The topological polar surface area (TPSA) is 114 Å². The Morgan fingerprint density at radius 3 is 2.75 bits per heavy atom. The van der Waals surface area contributed by atoms with Gasteiger partial charge in [0.25, 0.3) is 11.6 Å². The van der Waals surface area contributed by atoms with Gasteiger partial charge in [-0.15, -0.1) is 0 Å². The zero-order valence-corrected chi connectivity index (χ0v) is 15.6. The van der Waals surface area contributed by atoms with Crippen LogP contribution in [0.25, 0.3) is 0 Å². The largest absolute Gasteiger partial charge is 0.477 e. The number of para-hydroxylation sites is 2. The number of anilines is 2. The van der Waals surface area contributed by atoms with E-state index in [0.717, 1.165) is 0 Å². The van der Waals surface area contributed by atoms with E-state index in [1.165, 1.54) is 25.2 Å². The molecule has 1 aliphatic heterocycles. The fourth-order valence-electron chi connectivity index (χ4n) is 2.84. The summed E-state index contributed by atoms with van der Waals surface area (Å²) in [4.78, 5) is 36.5. The molecule has 1 atom stereocenters. The highest BCUT2D eigenvalue weighted by atomic mass is 35.5. The number of likely N-dealkylation sites (N-methyl/N-ethyl adjacent to an activating group) is 1. The second kappa shape index (κ2) is 8.13. The number of carbonyl (C=O) groups excluding carboxylic acids is 2. The SMILES string of the molecule is CNC(=O)[C@H]1CN(CC(=O)Nc2ccc([N+](=O)[O-])cc2Cl)c2ccccc2O1. The van der Waals surface area contributed by atoms with Crippen LogP contribution >= 0.6 is 11.6 Å². The number of rotatable bonds is 5. The van der Waals surface area contributed by atoms with Gasteiger partial charge in [-0.1, -0.05) is 23.7 Å². The van der Waals surface area contributed by atoms with Gasteiger partial charge in [0.15, 0.2) is 6.10 Å². The van der Waals surface area contributed by atoms with Crippen molar-refractivity contribution in [2.45, 2.75) is 6.10 Å². The quantitative estimate of drug-likeness (QED) is 0.583. The van der Waals surface area contributed by atoms with Crippen LogP contribution in [0.4, 0.5) is 17.1 Å². The summed E-state index contributed by atoms with van der Waals surface area (Å²) >= 11 is 6.02. The van der Waals surface area contributed by atoms with Crippen molar-refractivity contribution < 1.29 is 19.2 Å². The van der Waals surface area contributed by atoms with Crippen LogP contribution in [0.15, 0.2) is 42.5 Å². The Balaban J connectivity index is 1.76. The third-order valence-electron chi connectivity index (χ3n) is 4.17. The van der Waals surface area contributed by atoms with Crippen LogP contribution in [0.5, 0.6) is 5.75 Å². The fourth-order valence-corrected chi connectivity index (χ4v) is 3.06. The van der Waals surface area contributed by atoms with Gasteiger partial charge in [-0.25, -0.2) is 0 Å². The van der Waals surface area contributed by atoms with Gasteiger partial charge in [-0.3, -0.25) is 19.7 Å². The minimum atomic E-state index is -0.754. The van der Waals surface area contributed by atoms with Gasteiger partial charge < -0.3 is 20.3 Å². The van der Waals surface area contributed by atoms with Crippen molar-refractivity contribution in [3.63, 3.8) is 0 Å². The summed E-state index contributed by atoms with van der Waals surface area (Å²) in [5, 5.41) is 16.0. The van der Waals surface area contributed by atoms with Gasteiger partial charge in [-0.05, 0) is 18.2 Å². The number of nitrogens with one attached hydrogen (secondary N) is 2. The van der Waals surface area contributed by atoms with Crippen LogP contribution in [-0.2, 0) is 9.59 Å². The monoisotopic (exact) mass is 404 g/mol.